The van der Waals surface area contributed by atoms with Crippen LogP contribution in [-0.4, -0.2) is 44.6 Å². The Morgan fingerprint density at radius 3 is 2.27 bits per heavy atom. The van der Waals surface area contributed by atoms with E-state index in [0.29, 0.717) is 23.5 Å². The van der Waals surface area contributed by atoms with Gasteiger partial charge in [-0.05, 0) is 49.9 Å². The van der Waals surface area contributed by atoms with E-state index in [0.717, 1.165) is 38.0 Å². The fourth-order valence-electron chi connectivity index (χ4n) is 4.39. The van der Waals surface area contributed by atoms with Crippen LogP contribution in [0.3, 0.4) is 0 Å². The van der Waals surface area contributed by atoms with Gasteiger partial charge in [-0.3, -0.25) is 24.5 Å². The molecule has 1 N–H and O–H groups in total. The molecule has 1 saturated heterocycles. The summed E-state index contributed by atoms with van der Waals surface area (Å²) >= 11 is 0. The molecule has 33 heavy (non-hydrogen) atoms. The Balaban J connectivity index is 1.29. The Hall–Kier alpha value is -3.52. The number of benzene rings is 2. The first-order valence-electron chi connectivity index (χ1n) is 11.2. The van der Waals surface area contributed by atoms with Gasteiger partial charge < -0.3 is 5.32 Å². The molecule has 1 aliphatic heterocycles. The highest BCUT2D eigenvalue weighted by molar-refractivity contribution is 5.94. The van der Waals surface area contributed by atoms with Gasteiger partial charge in [0, 0.05) is 31.2 Å². The second kappa shape index (κ2) is 9.95. The summed E-state index contributed by atoms with van der Waals surface area (Å²) in [6, 6.07) is 18.0. The lowest BCUT2D eigenvalue weighted by molar-refractivity contribution is -0.386. The van der Waals surface area contributed by atoms with Crippen LogP contribution in [0.4, 0.5) is 5.69 Å². The Kier molecular flexibility index (Phi) is 6.84. The van der Waals surface area contributed by atoms with Gasteiger partial charge >= 0.3 is 5.69 Å². The van der Waals surface area contributed by atoms with Crippen LogP contribution in [0.1, 0.15) is 45.7 Å². The molecular weight excluding hydrogens is 418 g/mol. The summed E-state index contributed by atoms with van der Waals surface area (Å²) in [5.41, 5.74) is 3.85. The van der Waals surface area contributed by atoms with E-state index < -0.39 is 4.92 Å². The molecule has 2 aromatic carbocycles. The summed E-state index contributed by atoms with van der Waals surface area (Å²) in [7, 11) is 0. The van der Waals surface area contributed by atoms with Crippen molar-refractivity contribution in [1.29, 1.82) is 0 Å². The molecule has 0 aliphatic carbocycles. The van der Waals surface area contributed by atoms with Crippen molar-refractivity contribution in [1.82, 2.24) is 20.0 Å². The lowest BCUT2D eigenvalue weighted by Crippen LogP contribution is -2.44. The van der Waals surface area contributed by atoms with Gasteiger partial charge in [-0.1, -0.05) is 42.5 Å². The van der Waals surface area contributed by atoms with Crippen LogP contribution < -0.4 is 5.32 Å². The molecule has 4 rings (SSSR count). The molecule has 0 saturated carbocycles. The molecule has 1 aromatic heterocycles. The molecule has 1 amide bonds. The average molecular weight is 448 g/mol. The lowest BCUT2D eigenvalue weighted by Gasteiger charge is -2.32. The van der Waals surface area contributed by atoms with Crippen molar-refractivity contribution < 1.29 is 9.72 Å². The van der Waals surface area contributed by atoms with Crippen molar-refractivity contribution >= 4 is 11.6 Å². The molecule has 1 fully saturated rings. The predicted molar refractivity (Wildman–Crippen MR) is 126 cm³/mol. The van der Waals surface area contributed by atoms with Gasteiger partial charge in [0.1, 0.15) is 11.4 Å². The molecule has 1 aliphatic rings. The number of aromatic nitrogens is 2. The number of nitrogens with zero attached hydrogens (tertiary/aromatic N) is 4. The summed E-state index contributed by atoms with van der Waals surface area (Å²) in [5, 5.41) is 18.6. The van der Waals surface area contributed by atoms with Crippen LogP contribution in [0.2, 0.25) is 0 Å². The number of aryl methyl sites for hydroxylation is 1. The number of amides is 1. The minimum Gasteiger partial charge on any atom is -0.349 e. The monoisotopic (exact) mass is 447 g/mol. The first-order valence-corrected chi connectivity index (χ1v) is 11.2. The van der Waals surface area contributed by atoms with Gasteiger partial charge in [-0.25, -0.2) is 0 Å². The zero-order chi connectivity index (χ0) is 23.4. The van der Waals surface area contributed by atoms with Gasteiger partial charge in [0.05, 0.1) is 11.5 Å². The van der Waals surface area contributed by atoms with E-state index in [4.69, 9.17) is 0 Å². The van der Waals surface area contributed by atoms with Crippen molar-refractivity contribution in [3.05, 3.63) is 92.8 Å². The molecule has 8 nitrogen and oxygen atoms in total. The van der Waals surface area contributed by atoms with Crippen molar-refractivity contribution in [3.8, 4) is 0 Å². The number of likely N-dealkylation sites (tertiary alicyclic amines) is 1. The lowest BCUT2D eigenvalue weighted by atomic mass is 10.0. The maximum Gasteiger partial charge on any atom is 0.312 e. The first-order chi connectivity index (χ1) is 15.9. The number of carbonyl (C=O) groups excluding carboxylic acids is 1. The third kappa shape index (κ3) is 5.46. The third-order valence-electron chi connectivity index (χ3n) is 6.25. The molecule has 3 aromatic rings. The largest absolute Gasteiger partial charge is 0.349 e. The number of piperidine rings is 1. The minimum atomic E-state index is -0.395. The number of hydrogen-bond donors (Lipinski definition) is 1. The van der Waals surface area contributed by atoms with Crippen molar-refractivity contribution in [2.75, 3.05) is 13.1 Å². The van der Waals surface area contributed by atoms with Crippen LogP contribution >= 0.6 is 0 Å². The highest BCUT2D eigenvalue weighted by Gasteiger charge is 2.23. The van der Waals surface area contributed by atoms with E-state index in [-0.39, 0.29) is 17.6 Å². The van der Waals surface area contributed by atoms with E-state index in [1.54, 1.807) is 30.7 Å². The normalized spacial score (nSPS) is 14.8. The molecule has 0 atom stereocenters. The zero-order valence-corrected chi connectivity index (χ0v) is 19.0. The second-order valence-corrected chi connectivity index (χ2v) is 8.64. The molecule has 2 heterocycles. The molecule has 0 unspecified atom stereocenters. The number of carbonyl (C=O) groups is 1. The van der Waals surface area contributed by atoms with Gasteiger partial charge in [0.15, 0.2) is 0 Å². The highest BCUT2D eigenvalue weighted by Crippen LogP contribution is 2.22. The van der Waals surface area contributed by atoms with Crippen LogP contribution in [0.5, 0.6) is 0 Å². The fraction of sp³-hybridized carbons (Fsp3) is 0.360. The minimum absolute atomic E-state index is 0.0563. The zero-order valence-electron chi connectivity index (χ0n) is 19.0. The standard InChI is InChI=1S/C25H29N5O3/c1-18-24(30(32)33)19(2)29(27-18)17-21-8-10-22(11-9-21)25(31)26-23-12-14-28(15-13-23)16-20-6-4-3-5-7-20/h3-11,23H,12-17H2,1-2H3,(H,26,31). The number of rotatable bonds is 7. The molecule has 0 bridgehead atoms. The van der Waals surface area contributed by atoms with Crippen LogP contribution in [0, 0.1) is 24.0 Å². The SMILES string of the molecule is Cc1nn(Cc2ccc(C(=O)NC3CCN(Cc4ccccc4)CC3)cc2)c(C)c1[N+](=O)[O-]. The van der Waals surface area contributed by atoms with Gasteiger partial charge in [-0.2, -0.15) is 5.10 Å². The molecule has 0 spiro atoms. The summed E-state index contributed by atoms with van der Waals surface area (Å²) < 4.78 is 1.63. The van der Waals surface area contributed by atoms with Gasteiger partial charge in [-0.15, -0.1) is 0 Å². The maximum absolute atomic E-state index is 12.7. The number of hydrogen-bond acceptors (Lipinski definition) is 5. The van der Waals surface area contributed by atoms with Gasteiger partial charge in [0.25, 0.3) is 5.91 Å². The van der Waals surface area contributed by atoms with E-state index in [1.165, 1.54) is 5.56 Å². The van der Waals surface area contributed by atoms with Crippen molar-refractivity contribution in [2.24, 2.45) is 0 Å². The summed E-state index contributed by atoms with van der Waals surface area (Å²) in [6.07, 6.45) is 1.88. The quantitative estimate of drug-likeness (QED) is 0.439. The van der Waals surface area contributed by atoms with Crippen LogP contribution in [-0.2, 0) is 13.1 Å². The van der Waals surface area contributed by atoms with E-state index in [9.17, 15) is 14.9 Å². The van der Waals surface area contributed by atoms with E-state index in [2.05, 4.69) is 39.6 Å². The topological polar surface area (TPSA) is 93.3 Å². The smallest absolute Gasteiger partial charge is 0.312 e. The Morgan fingerprint density at radius 1 is 1.03 bits per heavy atom. The molecule has 172 valence electrons. The Labute approximate surface area is 193 Å². The molecule has 8 heteroatoms. The summed E-state index contributed by atoms with van der Waals surface area (Å²) in [4.78, 5) is 25.9. The number of nitro groups is 1. The van der Waals surface area contributed by atoms with E-state index in [1.807, 2.05) is 18.2 Å². The maximum atomic E-state index is 12.7. The Morgan fingerprint density at radius 2 is 1.67 bits per heavy atom. The third-order valence-corrected chi connectivity index (χ3v) is 6.25. The fourth-order valence-corrected chi connectivity index (χ4v) is 4.39. The molecule has 0 radical (unpaired) electrons. The Bertz CT molecular complexity index is 1120. The van der Waals surface area contributed by atoms with Crippen LogP contribution in [0.25, 0.3) is 0 Å². The summed E-state index contributed by atoms with van der Waals surface area (Å²) in [5.74, 6) is -0.0650. The molecular formula is C25H29N5O3. The van der Waals surface area contributed by atoms with Crippen LogP contribution in [0.15, 0.2) is 54.6 Å². The van der Waals surface area contributed by atoms with Crippen molar-refractivity contribution in [3.63, 3.8) is 0 Å². The predicted octanol–water partition coefficient (Wildman–Crippen LogP) is 3.85. The van der Waals surface area contributed by atoms with Gasteiger partial charge in [0.2, 0.25) is 0 Å². The highest BCUT2D eigenvalue weighted by atomic mass is 16.6. The van der Waals surface area contributed by atoms with E-state index >= 15 is 0 Å². The second-order valence-electron chi connectivity index (χ2n) is 8.64. The average Bonchev–Trinajstić information content (AvgIpc) is 3.09. The first kappa shape index (κ1) is 22.7. The van der Waals surface area contributed by atoms with Crippen molar-refractivity contribution in [2.45, 2.75) is 45.8 Å². The summed E-state index contributed by atoms with van der Waals surface area (Å²) in [6.45, 7) is 6.64. The number of nitrogens with one attached hydrogen (secondary N) is 1.